The number of carbonyl (C=O) groups is 1. The second-order valence-electron chi connectivity index (χ2n) is 7.60. The summed E-state index contributed by atoms with van der Waals surface area (Å²) in [6.45, 7) is 5.86. The van der Waals surface area contributed by atoms with Gasteiger partial charge in [-0.2, -0.15) is 0 Å². The van der Waals surface area contributed by atoms with Gasteiger partial charge in [-0.1, -0.05) is 61.5 Å². The van der Waals surface area contributed by atoms with Gasteiger partial charge in [-0.25, -0.2) is 4.79 Å². The number of benzene rings is 3. The van der Waals surface area contributed by atoms with Crippen LogP contribution in [0, 0.1) is 0 Å². The zero-order chi connectivity index (χ0) is 22.3. The summed E-state index contributed by atoms with van der Waals surface area (Å²) >= 11 is 0. The molecule has 0 aliphatic heterocycles. The standard InChI is InChI=1S/C27H28O4/c1-4-27(3,26(28)29)31-25-16-14-24(15-17-25)30-19-18-20(2)21-10-12-23(13-11-21)22-8-6-5-7-9-22/h5-18H,4,19H2,1-3H3,(H,28,29)/b20-18-. The molecule has 1 N–H and O–H groups in total. The van der Waals surface area contributed by atoms with Crippen molar-refractivity contribution in [2.24, 2.45) is 0 Å². The van der Waals surface area contributed by atoms with Crippen LogP contribution in [0.1, 0.15) is 32.8 Å². The summed E-state index contributed by atoms with van der Waals surface area (Å²) in [5.41, 5.74) is 3.45. The molecule has 160 valence electrons. The maximum Gasteiger partial charge on any atom is 0.347 e. The molecule has 3 aromatic carbocycles. The maximum atomic E-state index is 11.4. The van der Waals surface area contributed by atoms with E-state index in [0.717, 1.165) is 11.1 Å². The van der Waals surface area contributed by atoms with E-state index < -0.39 is 11.6 Å². The number of rotatable bonds is 9. The average Bonchev–Trinajstić information content (AvgIpc) is 2.80. The summed E-state index contributed by atoms with van der Waals surface area (Å²) in [4.78, 5) is 11.4. The average molecular weight is 417 g/mol. The molecule has 0 radical (unpaired) electrons. The lowest BCUT2D eigenvalue weighted by Gasteiger charge is -2.24. The van der Waals surface area contributed by atoms with E-state index in [1.54, 1.807) is 38.1 Å². The molecule has 0 amide bonds. The van der Waals surface area contributed by atoms with Crippen LogP contribution in [0.5, 0.6) is 11.5 Å². The molecule has 0 aliphatic carbocycles. The van der Waals surface area contributed by atoms with Gasteiger partial charge in [0, 0.05) is 0 Å². The number of aliphatic carboxylic acids is 1. The molecule has 0 saturated carbocycles. The normalized spacial score (nSPS) is 13.3. The first-order chi connectivity index (χ1) is 14.9. The summed E-state index contributed by atoms with van der Waals surface area (Å²) < 4.78 is 11.4. The van der Waals surface area contributed by atoms with Crippen LogP contribution in [-0.2, 0) is 4.79 Å². The molecule has 3 rings (SSSR count). The highest BCUT2D eigenvalue weighted by atomic mass is 16.5. The summed E-state index contributed by atoms with van der Waals surface area (Å²) in [5, 5.41) is 9.33. The van der Waals surface area contributed by atoms with Crippen LogP contribution in [0.2, 0.25) is 0 Å². The van der Waals surface area contributed by atoms with E-state index >= 15 is 0 Å². The Balaban J connectivity index is 1.57. The first kappa shape index (κ1) is 22.2. The number of carboxylic acid groups (broad SMARTS) is 1. The molecule has 1 unspecified atom stereocenters. The molecule has 1 atom stereocenters. The van der Waals surface area contributed by atoms with Crippen molar-refractivity contribution in [3.8, 4) is 22.6 Å². The summed E-state index contributed by atoms with van der Waals surface area (Å²) in [6, 6.07) is 25.8. The molecule has 0 aliphatic rings. The Morgan fingerprint density at radius 2 is 1.48 bits per heavy atom. The van der Waals surface area contributed by atoms with E-state index in [0.29, 0.717) is 24.5 Å². The third-order valence-electron chi connectivity index (χ3n) is 5.38. The molecule has 0 aromatic heterocycles. The molecule has 0 spiro atoms. The molecule has 3 aromatic rings. The van der Waals surface area contributed by atoms with Gasteiger partial charge in [0.15, 0.2) is 0 Å². The van der Waals surface area contributed by atoms with Gasteiger partial charge < -0.3 is 14.6 Å². The smallest absolute Gasteiger partial charge is 0.347 e. The van der Waals surface area contributed by atoms with Gasteiger partial charge in [0.25, 0.3) is 0 Å². The predicted octanol–water partition coefficient (Wildman–Crippen LogP) is 6.47. The number of allylic oxidation sites excluding steroid dienone is 1. The van der Waals surface area contributed by atoms with Gasteiger partial charge in [-0.15, -0.1) is 0 Å². The van der Waals surface area contributed by atoms with Crippen molar-refractivity contribution in [3.63, 3.8) is 0 Å². The lowest BCUT2D eigenvalue weighted by Crippen LogP contribution is -2.40. The van der Waals surface area contributed by atoms with Gasteiger partial charge in [-0.05, 0) is 72.9 Å². The Hall–Kier alpha value is -3.53. The topological polar surface area (TPSA) is 55.8 Å². The fourth-order valence-corrected chi connectivity index (χ4v) is 3.07. The molecule has 4 heteroatoms. The van der Waals surface area contributed by atoms with Crippen LogP contribution in [0.25, 0.3) is 16.7 Å². The van der Waals surface area contributed by atoms with Crippen molar-refractivity contribution >= 4 is 11.5 Å². The number of carboxylic acids is 1. The third kappa shape index (κ3) is 5.76. The molecule has 0 bridgehead atoms. The molecular weight excluding hydrogens is 388 g/mol. The van der Waals surface area contributed by atoms with E-state index in [-0.39, 0.29) is 0 Å². The number of hydrogen-bond donors (Lipinski definition) is 1. The van der Waals surface area contributed by atoms with Gasteiger partial charge in [-0.3, -0.25) is 0 Å². The third-order valence-corrected chi connectivity index (χ3v) is 5.38. The van der Waals surface area contributed by atoms with Gasteiger partial charge in [0.05, 0.1) is 0 Å². The fourth-order valence-electron chi connectivity index (χ4n) is 3.07. The molecular formula is C27H28O4. The van der Waals surface area contributed by atoms with E-state index in [4.69, 9.17) is 9.47 Å². The van der Waals surface area contributed by atoms with Crippen molar-refractivity contribution in [2.45, 2.75) is 32.8 Å². The van der Waals surface area contributed by atoms with Crippen molar-refractivity contribution in [2.75, 3.05) is 6.61 Å². The summed E-state index contributed by atoms with van der Waals surface area (Å²) in [7, 11) is 0. The highest BCUT2D eigenvalue weighted by Crippen LogP contribution is 2.25. The largest absolute Gasteiger partial charge is 0.490 e. The van der Waals surface area contributed by atoms with Crippen LogP contribution in [0.4, 0.5) is 0 Å². The van der Waals surface area contributed by atoms with Crippen LogP contribution in [-0.4, -0.2) is 23.3 Å². The van der Waals surface area contributed by atoms with Crippen LogP contribution < -0.4 is 9.47 Å². The number of ether oxygens (including phenoxy) is 2. The van der Waals surface area contributed by atoms with Crippen LogP contribution >= 0.6 is 0 Å². The lowest BCUT2D eigenvalue weighted by atomic mass is 10.0. The van der Waals surface area contributed by atoms with Crippen LogP contribution in [0.3, 0.4) is 0 Å². The van der Waals surface area contributed by atoms with E-state index in [9.17, 15) is 9.90 Å². The fraction of sp³-hybridized carbons (Fsp3) is 0.222. The first-order valence-corrected chi connectivity index (χ1v) is 10.4. The van der Waals surface area contributed by atoms with Crippen molar-refractivity contribution in [1.29, 1.82) is 0 Å². The van der Waals surface area contributed by atoms with Crippen molar-refractivity contribution in [3.05, 3.63) is 90.5 Å². The zero-order valence-electron chi connectivity index (χ0n) is 18.2. The highest BCUT2D eigenvalue weighted by molar-refractivity contribution is 5.77. The minimum atomic E-state index is -1.24. The van der Waals surface area contributed by atoms with E-state index in [2.05, 4.69) is 43.3 Å². The molecule has 0 saturated heterocycles. The monoisotopic (exact) mass is 416 g/mol. The Labute approximate surface area is 183 Å². The van der Waals surface area contributed by atoms with E-state index in [1.807, 2.05) is 24.3 Å². The minimum Gasteiger partial charge on any atom is -0.490 e. The second-order valence-corrected chi connectivity index (χ2v) is 7.60. The maximum absolute atomic E-state index is 11.4. The molecule has 4 nitrogen and oxygen atoms in total. The summed E-state index contributed by atoms with van der Waals surface area (Å²) in [5.74, 6) is 0.224. The predicted molar refractivity (Wildman–Crippen MR) is 124 cm³/mol. The van der Waals surface area contributed by atoms with E-state index in [1.165, 1.54) is 11.1 Å². The number of hydrogen-bond acceptors (Lipinski definition) is 3. The lowest BCUT2D eigenvalue weighted by molar-refractivity contribution is -0.154. The second kappa shape index (κ2) is 9.98. The van der Waals surface area contributed by atoms with Crippen molar-refractivity contribution in [1.82, 2.24) is 0 Å². The molecule has 0 heterocycles. The quantitative estimate of drug-likeness (QED) is 0.434. The Bertz CT molecular complexity index is 1020. The molecule has 31 heavy (non-hydrogen) atoms. The minimum absolute atomic E-state index is 0.372. The zero-order valence-corrected chi connectivity index (χ0v) is 18.2. The van der Waals surface area contributed by atoms with Gasteiger partial charge in [0.2, 0.25) is 5.60 Å². The first-order valence-electron chi connectivity index (χ1n) is 10.4. The van der Waals surface area contributed by atoms with Gasteiger partial charge in [0.1, 0.15) is 18.1 Å². The highest BCUT2D eigenvalue weighted by Gasteiger charge is 2.33. The van der Waals surface area contributed by atoms with Crippen molar-refractivity contribution < 1.29 is 19.4 Å². The SMILES string of the molecule is CCC(C)(Oc1ccc(OC/C=C(/C)c2ccc(-c3ccccc3)cc2)cc1)C(=O)O. The Kier molecular flexibility index (Phi) is 7.14. The van der Waals surface area contributed by atoms with Gasteiger partial charge >= 0.3 is 5.97 Å². The Morgan fingerprint density at radius 3 is 2.06 bits per heavy atom. The Morgan fingerprint density at radius 1 is 0.903 bits per heavy atom. The van der Waals surface area contributed by atoms with Crippen LogP contribution in [0.15, 0.2) is 84.9 Å². The molecule has 0 fully saturated rings. The summed E-state index contributed by atoms with van der Waals surface area (Å²) in [6.07, 6.45) is 2.41.